The second kappa shape index (κ2) is 4.81. The lowest BCUT2D eigenvalue weighted by atomic mass is 10.5. The molecule has 0 spiro atoms. The highest BCUT2D eigenvalue weighted by Gasteiger charge is 2.24. The van der Waals surface area contributed by atoms with E-state index in [-0.39, 0.29) is 17.4 Å². The van der Waals surface area contributed by atoms with Crippen molar-refractivity contribution in [2.24, 2.45) is 5.14 Å². The molecule has 0 amide bonds. The van der Waals surface area contributed by atoms with Crippen LogP contribution in [0.3, 0.4) is 0 Å². The number of hydrogen-bond donors (Lipinski definition) is 1. The molecule has 0 atom stereocenters. The van der Waals surface area contributed by atoms with Crippen LogP contribution in [0.1, 0.15) is 5.69 Å². The Morgan fingerprint density at radius 3 is 2.60 bits per heavy atom. The summed E-state index contributed by atoms with van der Waals surface area (Å²) in [5.74, 6) is 0. The maximum Gasteiger partial charge on any atom is 0.244 e. The summed E-state index contributed by atoms with van der Waals surface area (Å²) in [5.41, 5.74) is -0.309. The fraction of sp³-hybridized carbons (Fsp3) is 0.500. The van der Waals surface area contributed by atoms with Crippen LogP contribution in [0, 0.1) is 0 Å². The summed E-state index contributed by atoms with van der Waals surface area (Å²) < 4.78 is 54.5. The maximum atomic E-state index is 12.3. The van der Waals surface area contributed by atoms with E-state index in [9.17, 15) is 17.2 Å². The first-order chi connectivity index (χ1) is 7.00. The lowest BCUT2D eigenvalue weighted by Gasteiger charge is -2.02. The molecule has 0 saturated carbocycles. The molecular weight excluding hydrogens is 250 g/mol. The summed E-state index contributed by atoms with van der Waals surface area (Å²) in [5, 5.41) is 4.67. The number of rotatable bonds is 5. The number of alkyl halides is 2. The van der Waals surface area contributed by atoms with Gasteiger partial charge in [0.05, 0.1) is 0 Å². The number of aromatic nitrogens is 1. The summed E-state index contributed by atoms with van der Waals surface area (Å²) in [6.45, 7) is -2.18. The zero-order chi connectivity index (χ0) is 11.5. The average Bonchev–Trinajstić information content (AvgIpc) is 2.56. The zero-order valence-electron chi connectivity index (χ0n) is 7.44. The van der Waals surface area contributed by atoms with Crippen LogP contribution in [-0.2, 0) is 16.7 Å². The predicted octanol–water partition coefficient (Wildman–Crippen LogP) is 0.608. The molecule has 0 aliphatic rings. The molecule has 0 unspecified atom stereocenters. The number of sulfonamides is 1. The van der Waals surface area contributed by atoms with Gasteiger partial charge >= 0.3 is 0 Å². The molecule has 0 aromatic carbocycles. The predicted molar refractivity (Wildman–Crippen MR) is 49.8 cm³/mol. The van der Waals surface area contributed by atoms with E-state index in [0.29, 0.717) is 11.5 Å². The first-order valence-corrected chi connectivity index (χ1v) is 6.08. The van der Waals surface area contributed by atoms with Gasteiger partial charge in [0.2, 0.25) is 15.1 Å². The van der Waals surface area contributed by atoms with Crippen molar-refractivity contribution in [1.82, 2.24) is 4.37 Å². The normalized spacial score (nSPS) is 11.7. The number of nitrogens with zero attached hydrogens (tertiary/aromatic N) is 1. The van der Waals surface area contributed by atoms with E-state index in [4.69, 9.17) is 9.88 Å². The van der Waals surface area contributed by atoms with E-state index < -0.39 is 28.3 Å². The van der Waals surface area contributed by atoms with E-state index in [1.54, 1.807) is 0 Å². The van der Waals surface area contributed by atoms with E-state index in [1.807, 2.05) is 0 Å². The second-order valence-electron chi connectivity index (χ2n) is 2.46. The highest BCUT2D eigenvalue weighted by atomic mass is 32.2. The highest BCUT2D eigenvalue weighted by Crippen LogP contribution is 2.31. The molecule has 15 heavy (non-hydrogen) atoms. The van der Waals surface area contributed by atoms with Crippen LogP contribution < -0.4 is 9.88 Å². The van der Waals surface area contributed by atoms with E-state index in [2.05, 4.69) is 4.37 Å². The third kappa shape index (κ3) is 2.83. The molecule has 1 aromatic rings. The van der Waals surface area contributed by atoms with Gasteiger partial charge in [0, 0.05) is 11.5 Å². The summed E-state index contributed by atoms with van der Waals surface area (Å²) in [4.78, 5) is -0.497. The molecule has 0 aliphatic carbocycles. The summed E-state index contributed by atoms with van der Waals surface area (Å²) in [6, 6.07) is 0. The molecule has 9 heteroatoms. The molecule has 5 nitrogen and oxygen atoms in total. The van der Waals surface area contributed by atoms with E-state index in [1.165, 1.54) is 0 Å². The van der Waals surface area contributed by atoms with E-state index in [0.717, 1.165) is 0 Å². The Kier molecular flexibility index (Phi) is 3.94. The number of ether oxygens (including phenoxy) is 1. The Hall–Kier alpha value is -0.800. The van der Waals surface area contributed by atoms with Gasteiger partial charge in [0.15, 0.2) is 4.90 Å². The molecule has 0 saturated heterocycles. The van der Waals surface area contributed by atoms with Crippen molar-refractivity contribution in [2.75, 3.05) is 13.3 Å². The molecule has 0 fully saturated rings. The third-order valence-electron chi connectivity index (χ3n) is 1.41. The van der Waals surface area contributed by atoms with Gasteiger partial charge in [-0.15, -0.1) is 0 Å². The zero-order valence-corrected chi connectivity index (χ0v) is 9.08. The monoisotopic (exact) mass is 258 g/mol. The van der Waals surface area contributed by atoms with Gasteiger partial charge in [0.1, 0.15) is 25.6 Å². The molecule has 1 rings (SSSR count). The van der Waals surface area contributed by atoms with Crippen molar-refractivity contribution in [1.29, 1.82) is 0 Å². The molecule has 2 N–H and O–H groups in total. The van der Waals surface area contributed by atoms with Crippen molar-refractivity contribution in [2.45, 2.75) is 11.6 Å². The van der Waals surface area contributed by atoms with Gasteiger partial charge in [-0.3, -0.25) is 0 Å². The standard InChI is InChI=1S/C6H8F2N2O3S2/c7-1-2-13-6-5(15(9,11)12)4(3-8)10-14-6/h1-3H2,(H2,9,11,12). The number of hydrogen-bond acceptors (Lipinski definition) is 5. The Morgan fingerprint density at radius 2 is 2.13 bits per heavy atom. The van der Waals surface area contributed by atoms with Crippen molar-refractivity contribution in [3.63, 3.8) is 0 Å². The largest absolute Gasteiger partial charge is 0.479 e. The minimum Gasteiger partial charge on any atom is -0.479 e. The Balaban J connectivity index is 3.12. The molecule has 1 aromatic heterocycles. The van der Waals surface area contributed by atoms with Gasteiger partial charge in [-0.05, 0) is 0 Å². The van der Waals surface area contributed by atoms with Gasteiger partial charge in [-0.25, -0.2) is 22.3 Å². The SMILES string of the molecule is NS(=O)(=O)c1c(CF)nsc1OCCF. The van der Waals surface area contributed by atoms with Crippen LogP contribution >= 0.6 is 11.5 Å². The van der Waals surface area contributed by atoms with Crippen LogP contribution in [-0.4, -0.2) is 26.1 Å². The molecule has 0 radical (unpaired) electrons. The molecule has 0 bridgehead atoms. The molecular formula is C6H8F2N2O3S2. The fourth-order valence-electron chi connectivity index (χ4n) is 0.886. The minimum absolute atomic E-state index is 0.178. The second-order valence-corrected chi connectivity index (χ2v) is 4.70. The maximum absolute atomic E-state index is 12.3. The van der Waals surface area contributed by atoms with Crippen LogP contribution in [0.2, 0.25) is 0 Å². The Labute approximate surface area is 89.1 Å². The van der Waals surface area contributed by atoms with Crippen LogP contribution in [0.25, 0.3) is 0 Å². The lowest BCUT2D eigenvalue weighted by Crippen LogP contribution is -2.15. The summed E-state index contributed by atoms with van der Waals surface area (Å²) in [7, 11) is -4.10. The first kappa shape index (κ1) is 12.3. The topological polar surface area (TPSA) is 82.3 Å². The van der Waals surface area contributed by atoms with Crippen molar-refractivity contribution < 1.29 is 21.9 Å². The van der Waals surface area contributed by atoms with Gasteiger partial charge in [-0.1, -0.05) is 0 Å². The highest BCUT2D eigenvalue weighted by molar-refractivity contribution is 7.89. The molecule has 0 aliphatic heterocycles. The fourth-order valence-corrected chi connectivity index (χ4v) is 2.79. The van der Waals surface area contributed by atoms with Gasteiger partial charge in [0.25, 0.3) is 0 Å². The lowest BCUT2D eigenvalue weighted by molar-refractivity contribution is 0.274. The van der Waals surface area contributed by atoms with Crippen LogP contribution in [0.15, 0.2) is 4.90 Å². The van der Waals surface area contributed by atoms with Crippen LogP contribution in [0.4, 0.5) is 8.78 Å². The molecule has 1 heterocycles. The number of primary sulfonamides is 1. The van der Waals surface area contributed by atoms with Crippen molar-refractivity contribution in [3.05, 3.63) is 5.69 Å². The minimum atomic E-state index is -4.10. The first-order valence-electron chi connectivity index (χ1n) is 3.76. The van der Waals surface area contributed by atoms with Gasteiger partial charge < -0.3 is 4.74 Å². The number of halogens is 2. The average molecular weight is 258 g/mol. The molecule has 86 valence electrons. The van der Waals surface area contributed by atoms with Gasteiger partial charge in [-0.2, -0.15) is 4.37 Å². The third-order valence-corrected chi connectivity index (χ3v) is 3.33. The van der Waals surface area contributed by atoms with Crippen molar-refractivity contribution in [3.8, 4) is 5.06 Å². The van der Waals surface area contributed by atoms with Crippen molar-refractivity contribution >= 4 is 21.6 Å². The summed E-state index contributed by atoms with van der Waals surface area (Å²) in [6.07, 6.45) is 0. The number of nitrogens with two attached hydrogens (primary N) is 1. The Morgan fingerprint density at radius 1 is 1.47 bits per heavy atom. The smallest absolute Gasteiger partial charge is 0.244 e. The quantitative estimate of drug-likeness (QED) is 0.838. The van der Waals surface area contributed by atoms with Crippen LogP contribution in [0.5, 0.6) is 5.06 Å². The Bertz CT molecular complexity index is 432. The summed E-state index contributed by atoms with van der Waals surface area (Å²) >= 11 is 0.630. The van der Waals surface area contributed by atoms with E-state index >= 15 is 0 Å².